The number of carbonyl (C=O) groups is 1. The molecule has 0 aliphatic rings. The molecule has 0 aliphatic heterocycles. The second kappa shape index (κ2) is 9.85. The van der Waals surface area contributed by atoms with E-state index in [9.17, 15) is 4.79 Å². The Labute approximate surface area is 143 Å². The highest BCUT2D eigenvalue weighted by molar-refractivity contribution is 5.94. The molecule has 0 amide bonds. The molecule has 0 bridgehead atoms. The maximum absolute atomic E-state index is 11.9. The van der Waals surface area contributed by atoms with Crippen molar-refractivity contribution in [2.45, 2.75) is 52.4 Å². The number of rotatable bonds is 10. The third kappa shape index (κ3) is 5.18. The molecule has 0 atom stereocenters. The van der Waals surface area contributed by atoms with Crippen LogP contribution in [-0.4, -0.2) is 29.1 Å². The lowest BCUT2D eigenvalue weighted by Crippen LogP contribution is -2.13. The highest BCUT2D eigenvalue weighted by Crippen LogP contribution is 2.20. The molecule has 0 radical (unpaired) electrons. The quantitative estimate of drug-likeness (QED) is 0.510. The van der Waals surface area contributed by atoms with Crippen molar-refractivity contribution in [2.75, 3.05) is 18.5 Å². The van der Waals surface area contributed by atoms with Crippen LogP contribution in [0.3, 0.4) is 0 Å². The third-order valence-corrected chi connectivity index (χ3v) is 3.88. The highest BCUT2D eigenvalue weighted by Gasteiger charge is 2.14. The normalized spacial score (nSPS) is 10.8. The lowest BCUT2D eigenvalue weighted by Gasteiger charge is -2.10. The van der Waals surface area contributed by atoms with Crippen LogP contribution in [0.2, 0.25) is 0 Å². The minimum absolute atomic E-state index is 0.112. The van der Waals surface area contributed by atoms with Crippen molar-refractivity contribution in [1.82, 2.24) is 9.97 Å². The van der Waals surface area contributed by atoms with Crippen LogP contribution < -0.4 is 5.32 Å². The first-order chi connectivity index (χ1) is 11.8. The number of hydrogen-bond donors (Lipinski definition) is 1. The monoisotopic (exact) mass is 329 g/mol. The molecule has 0 spiro atoms. The van der Waals surface area contributed by atoms with E-state index in [0.717, 1.165) is 23.9 Å². The van der Waals surface area contributed by atoms with Gasteiger partial charge in [-0.2, -0.15) is 0 Å². The summed E-state index contributed by atoms with van der Waals surface area (Å²) < 4.78 is 5.02. The van der Waals surface area contributed by atoms with E-state index in [-0.39, 0.29) is 5.82 Å². The van der Waals surface area contributed by atoms with E-state index in [4.69, 9.17) is 4.74 Å². The minimum Gasteiger partial charge on any atom is -0.460 e. The van der Waals surface area contributed by atoms with Crippen molar-refractivity contribution in [3.05, 3.63) is 30.1 Å². The second-order valence-corrected chi connectivity index (χ2v) is 5.83. The molecule has 5 heteroatoms. The van der Waals surface area contributed by atoms with E-state index < -0.39 is 5.97 Å². The minimum atomic E-state index is -0.481. The number of anilines is 1. The van der Waals surface area contributed by atoms with Gasteiger partial charge < -0.3 is 10.1 Å². The number of esters is 1. The molecule has 2 aromatic rings. The number of para-hydroxylation sites is 1. The Morgan fingerprint density at radius 1 is 1.04 bits per heavy atom. The van der Waals surface area contributed by atoms with Crippen LogP contribution in [0.15, 0.2) is 24.3 Å². The number of nitrogens with zero attached hydrogens (tertiary/aromatic N) is 2. The summed E-state index contributed by atoms with van der Waals surface area (Å²) >= 11 is 0. The lowest BCUT2D eigenvalue weighted by molar-refractivity contribution is 0.0512. The molecule has 0 fully saturated rings. The van der Waals surface area contributed by atoms with Gasteiger partial charge in [0, 0.05) is 11.9 Å². The van der Waals surface area contributed by atoms with Gasteiger partial charge in [-0.3, -0.25) is 0 Å². The standard InChI is InChI=1S/C19H27N3O2/c1-3-5-6-7-8-11-14-20-17-15-12-9-10-13-16(15)21-18(22-17)19(23)24-4-2/h9-10,12-13H,3-8,11,14H2,1-2H3,(H,20,21,22). The topological polar surface area (TPSA) is 64.1 Å². The summed E-state index contributed by atoms with van der Waals surface area (Å²) in [5.74, 6) is 0.337. The molecule has 2 rings (SSSR count). The molecular formula is C19H27N3O2. The number of ether oxygens (including phenoxy) is 1. The fourth-order valence-electron chi connectivity index (χ4n) is 2.61. The van der Waals surface area contributed by atoms with Crippen molar-refractivity contribution in [3.63, 3.8) is 0 Å². The van der Waals surface area contributed by atoms with Gasteiger partial charge in [0.15, 0.2) is 0 Å². The SMILES string of the molecule is CCCCCCCCNc1nc(C(=O)OCC)nc2ccccc12. The molecule has 0 aliphatic carbocycles. The van der Waals surface area contributed by atoms with Crippen LogP contribution in [0, 0.1) is 0 Å². The van der Waals surface area contributed by atoms with Crippen molar-refractivity contribution in [3.8, 4) is 0 Å². The van der Waals surface area contributed by atoms with E-state index in [1.54, 1.807) is 6.92 Å². The Bertz CT molecular complexity index is 658. The maximum atomic E-state index is 11.9. The summed E-state index contributed by atoms with van der Waals surface area (Å²) in [4.78, 5) is 20.6. The van der Waals surface area contributed by atoms with Gasteiger partial charge in [0.2, 0.25) is 5.82 Å². The first kappa shape index (κ1) is 18.2. The number of unbranched alkanes of at least 4 members (excludes halogenated alkanes) is 5. The van der Waals surface area contributed by atoms with Crippen LogP contribution in [0.1, 0.15) is 63.0 Å². The van der Waals surface area contributed by atoms with Crippen LogP contribution in [0.4, 0.5) is 5.82 Å². The lowest BCUT2D eigenvalue weighted by atomic mass is 10.1. The van der Waals surface area contributed by atoms with Crippen molar-refractivity contribution >= 4 is 22.7 Å². The predicted octanol–water partition coefficient (Wildman–Crippen LogP) is 4.58. The van der Waals surface area contributed by atoms with Gasteiger partial charge in [0.05, 0.1) is 12.1 Å². The van der Waals surface area contributed by atoms with Gasteiger partial charge in [-0.05, 0) is 25.5 Å². The van der Waals surface area contributed by atoms with Gasteiger partial charge in [-0.1, -0.05) is 51.2 Å². The van der Waals surface area contributed by atoms with Crippen LogP contribution in [-0.2, 0) is 4.74 Å². The van der Waals surface area contributed by atoms with Gasteiger partial charge in [-0.15, -0.1) is 0 Å². The van der Waals surface area contributed by atoms with Crippen molar-refractivity contribution in [1.29, 1.82) is 0 Å². The molecule has 24 heavy (non-hydrogen) atoms. The van der Waals surface area contributed by atoms with E-state index in [0.29, 0.717) is 12.4 Å². The summed E-state index contributed by atoms with van der Waals surface area (Å²) in [6.07, 6.45) is 7.46. The zero-order valence-corrected chi connectivity index (χ0v) is 14.7. The van der Waals surface area contributed by atoms with E-state index >= 15 is 0 Å². The Morgan fingerprint density at radius 3 is 2.58 bits per heavy atom. The van der Waals surface area contributed by atoms with E-state index in [2.05, 4.69) is 22.2 Å². The summed E-state index contributed by atoms with van der Waals surface area (Å²) in [5, 5.41) is 4.28. The summed E-state index contributed by atoms with van der Waals surface area (Å²) in [7, 11) is 0. The first-order valence-corrected chi connectivity index (χ1v) is 8.94. The Hall–Kier alpha value is -2.17. The molecule has 1 aromatic carbocycles. The van der Waals surface area contributed by atoms with Gasteiger partial charge >= 0.3 is 5.97 Å². The average molecular weight is 329 g/mol. The fourth-order valence-corrected chi connectivity index (χ4v) is 2.61. The smallest absolute Gasteiger partial charge is 0.376 e. The molecule has 0 saturated heterocycles. The molecule has 1 heterocycles. The molecule has 0 unspecified atom stereocenters. The van der Waals surface area contributed by atoms with Crippen molar-refractivity contribution in [2.24, 2.45) is 0 Å². The molecule has 5 nitrogen and oxygen atoms in total. The van der Waals surface area contributed by atoms with E-state index in [1.165, 1.54) is 32.1 Å². The number of nitrogens with one attached hydrogen (secondary N) is 1. The van der Waals surface area contributed by atoms with Gasteiger partial charge in [0.1, 0.15) is 5.82 Å². The molecule has 130 valence electrons. The number of carbonyl (C=O) groups excluding carboxylic acids is 1. The predicted molar refractivity (Wildman–Crippen MR) is 97.4 cm³/mol. The van der Waals surface area contributed by atoms with Gasteiger partial charge in [0.25, 0.3) is 0 Å². The number of fused-ring (bicyclic) bond motifs is 1. The number of hydrogen-bond acceptors (Lipinski definition) is 5. The number of benzene rings is 1. The zero-order valence-electron chi connectivity index (χ0n) is 14.7. The highest BCUT2D eigenvalue weighted by atomic mass is 16.5. The fraction of sp³-hybridized carbons (Fsp3) is 0.526. The third-order valence-electron chi connectivity index (χ3n) is 3.88. The Kier molecular flexibility index (Phi) is 7.46. The first-order valence-electron chi connectivity index (χ1n) is 8.94. The molecule has 1 N–H and O–H groups in total. The Morgan fingerprint density at radius 2 is 1.79 bits per heavy atom. The van der Waals surface area contributed by atoms with Gasteiger partial charge in [-0.25, -0.2) is 14.8 Å². The maximum Gasteiger partial charge on any atom is 0.376 e. The van der Waals surface area contributed by atoms with Crippen molar-refractivity contribution < 1.29 is 9.53 Å². The molecule has 0 saturated carbocycles. The largest absolute Gasteiger partial charge is 0.460 e. The summed E-state index contributed by atoms with van der Waals surface area (Å²) in [5.41, 5.74) is 0.751. The summed E-state index contributed by atoms with van der Waals surface area (Å²) in [6, 6.07) is 7.71. The summed E-state index contributed by atoms with van der Waals surface area (Å²) in [6.45, 7) is 5.16. The average Bonchev–Trinajstić information content (AvgIpc) is 2.61. The van der Waals surface area contributed by atoms with Crippen LogP contribution >= 0.6 is 0 Å². The zero-order chi connectivity index (χ0) is 17.2. The Balaban J connectivity index is 2.03. The van der Waals surface area contributed by atoms with Crippen LogP contribution in [0.5, 0.6) is 0 Å². The van der Waals surface area contributed by atoms with Crippen LogP contribution in [0.25, 0.3) is 10.9 Å². The molecule has 1 aromatic heterocycles. The molecular weight excluding hydrogens is 302 g/mol. The second-order valence-electron chi connectivity index (χ2n) is 5.83. The number of aromatic nitrogens is 2. The van der Waals surface area contributed by atoms with E-state index in [1.807, 2.05) is 24.3 Å².